The average molecular weight is 333 g/mol. The predicted molar refractivity (Wildman–Crippen MR) is 108 cm³/mol. The van der Waals surface area contributed by atoms with Crippen molar-refractivity contribution in [1.82, 2.24) is 0 Å². The third kappa shape index (κ3) is 9.47. The molecule has 0 heterocycles. The number of quaternary nitrogens is 1. The van der Waals surface area contributed by atoms with Gasteiger partial charge in [-0.05, 0) is 18.4 Å². The molecule has 0 aliphatic rings. The molecule has 0 fully saturated rings. The Bertz CT molecular complexity index is 418. The van der Waals surface area contributed by atoms with Crippen LogP contribution < -0.4 is 0 Å². The molecular weight excluding hydrogens is 290 g/mol. The van der Waals surface area contributed by atoms with Crippen LogP contribution in [-0.2, 0) is 13.0 Å². The predicted octanol–water partition coefficient (Wildman–Crippen LogP) is 6.60. The van der Waals surface area contributed by atoms with E-state index in [1.807, 2.05) is 0 Å². The van der Waals surface area contributed by atoms with Crippen LogP contribution in [0.15, 0.2) is 24.3 Å². The van der Waals surface area contributed by atoms with Crippen LogP contribution >= 0.6 is 0 Å². The van der Waals surface area contributed by atoms with Crippen molar-refractivity contribution in [3.05, 3.63) is 35.4 Å². The number of hydrogen-bond donors (Lipinski definition) is 0. The Morgan fingerprint density at radius 1 is 0.792 bits per heavy atom. The summed E-state index contributed by atoms with van der Waals surface area (Å²) in [5, 5.41) is 0. The van der Waals surface area contributed by atoms with Crippen molar-refractivity contribution >= 4 is 0 Å². The van der Waals surface area contributed by atoms with Gasteiger partial charge in [0.15, 0.2) is 0 Å². The van der Waals surface area contributed by atoms with E-state index in [1.54, 1.807) is 0 Å². The molecular formula is C23H42N+. The first kappa shape index (κ1) is 21.2. The van der Waals surface area contributed by atoms with Crippen molar-refractivity contribution in [1.29, 1.82) is 0 Å². The summed E-state index contributed by atoms with van der Waals surface area (Å²) in [6.07, 6.45) is 12.5. The highest BCUT2D eigenvalue weighted by molar-refractivity contribution is 5.21. The van der Waals surface area contributed by atoms with Crippen LogP contribution in [0.5, 0.6) is 0 Å². The molecule has 1 atom stereocenters. The first-order valence-electron chi connectivity index (χ1n) is 10.4. The second kappa shape index (κ2) is 11.7. The van der Waals surface area contributed by atoms with Crippen LogP contribution in [0.3, 0.4) is 0 Å². The maximum atomic E-state index is 2.44. The number of hydrogen-bond acceptors (Lipinski definition) is 0. The zero-order valence-electron chi connectivity index (χ0n) is 17.1. The lowest BCUT2D eigenvalue weighted by molar-refractivity contribution is -0.906. The molecule has 0 saturated carbocycles. The molecule has 1 heteroatoms. The first-order chi connectivity index (χ1) is 11.5. The van der Waals surface area contributed by atoms with E-state index in [4.69, 9.17) is 0 Å². The van der Waals surface area contributed by atoms with E-state index in [9.17, 15) is 0 Å². The molecule has 0 bridgehead atoms. The summed E-state index contributed by atoms with van der Waals surface area (Å²) in [5.41, 5.74) is 2.91. The Morgan fingerprint density at radius 3 is 1.92 bits per heavy atom. The van der Waals surface area contributed by atoms with E-state index in [0.717, 1.165) is 23.4 Å². The quantitative estimate of drug-likeness (QED) is 0.282. The molecule has 0 aliphatic carbocycles. The largest absolute Gasteiger partial charge is 0.325 e. The fourth-order valence-corrected chi connectivity index (χ4v) is 3.82. The van der Waals surface area contributed by atoms with Crippen molar-refractivity contribution in [2.75, 3.05) is 20.6 Å². The monoisotopic (exact) mass is 332 g/mol. The lowest BCUT2D eigenvalue weighted by atomic mass is 10.00. The summed E-state index contributed by atoms with van der Waals surface area (Å²) in [4.78, 5) is 0. The van der Waals surface area contributed by atoms with Crippen LogP contribution in [0.2, 0.25) is 0 Å². The molecule has 1 nitrogen and oxygen atoms in total. The smallest absolute Gasteiger partial charge is 0.104 e. The van der Waals surface area contributed by atoms with Crippen LogP contribution in [0.4, 0.5) is 0 Å². The van der Waals surface area contributed by atoms with Crippen LogP contribution in [0.1, 0.15) is 83.3 Å². The summed E-state index contributed by atoms with van der Waals surface area (Å²) in [6.45, 7) is 9.38. The van der Waals surface area contributed by atoms with Gasteiger partial charge in [-0.1, -0.05) is 90.0 Å². The Kier molecular flexibility index (Phi) is 10.3. The maximum Gasteiger partial charge on any atom is 0.104 e. The molecule has 0 spiro atoms. The van der Waals surface area contributed by atoms with E-state index in [1.165, 1.54) is 69.0 Å². The number of benzene rings is 1. The molecule has 0 aliphatic heterocycles. The van der Waals surface area contributed by atoms with E-state index >= 15 is 0 Å². The fourth-order valence-electron chi connectivity index (χ4n) is 3.82. The van der Waals surface area contributed by atoms with Gasteiger partial charge in [0.25, 0.3) is 0 Å². The zero-order chi connectivity index (χ0) is 17.8. The van der Waals surface area contributed by atoms with Crippen molar-refractivity contribution in [3.8, 4) is 0 Å². The van der Waals surface area contributed by atoms with Gasteiger partial charge in [-0.25, -0.2) is 0 Å². The van der Waals surface area contributed by atoms with Crippen molar-refractivity contribution in [3.63, 3.8) is 0 Å². The summed E-state index contributed by atoms with van der Waals surface area (Å²) in [6, 6.07) is 9.22. The average Bonchev–Trinajstić information content (AvgIpc) is 2.54. The van der Waals surface area contributed by atoms with Crippen LogP contribution in [-0.4, -0.2) is 25.1 Å². The third-order valence-corrected chi connectivity index (χ3v) is 5.15. The third-order valence-electron chi connectivity index (χ3n) is 5.15. The van der Waals surface area contributed by atoms with Crippen LogP contribution in [0, 0.1) is 5.92 Å². The van der Waals surface area contributed by atoms with E-state index < -0.39 is 0 Å². The van der Waals surface area contributed by atoms with Gasteiger partial charge in [0.2, 0.25) is 0 Å². The zero-order valence-corrected chi connectivity index (χ0v) is 17.1. The van der Waals surface area contributed by atoms with Crippen LogP contribution in [0.25, 0.3) is 0 Å². The van der Waals surface area contributed by atoms with Gasteiger partial charge in [-0.2, -0.15) is 0 Å². The first-order valence-corrected chi connectivity index (χ1v) is 10.4. The summed E-state index contributed by atoms with van der Waals surface area (Å²) < 4.78 is 1.10. The van der Waals surface area contributed by atoms with Crippen molar-refractivity contribution in [2.24, 2.45) is 5.92 Å². The molecule has 1 unspecified atom stereocenters. The van der Waals surface area contributed by atoms with Crippen molar-refractivity contribution < 1.29 is 4.48 Å². The normalized spacial score (nSPS) is 13.2. The van der Waals surface area contributed by atoms with Gasteiger partial charge >= 0.3 is 0 Å². The van der Waals surface area contributed by atoms with Crippen molar-refractivity contribution in [2.45, 2.75) is 85.1 Å². The summed E-state index contributed by atoms with van der Waals surface area (Å²) >= 11 is 0. The highest BCUT2D eigenvalue weighted by Gasteiger charge is 2.19. The molecule has 24 heavy (non-hydrogen) atoms. The van der Waals surface area contributed by atoms with E-state index in [-0.39, 0.29) is 0 Å². The molecule has 0 aromatic heterocycles. The van der Waals surface area contributed by atoms with E-state index in [0.29, 0.717) is 0 Å². The molecule has 1 aromatic rings. The topological polar surface area (TPSA) is 0 Å². The molecule has 0 saturated heterocycles. The highest BCUT2D eigenvalue weighted by atomic mass is 15.3. The number of nitrogens with zero attached hydrogens (tertiary/aromatic N) is 1. The Labute approximate surface area is 152 Å². The fraction of sp³-hybridized carbons (Fsp3) is 0.739. The Hall–Kier alpha value is -0.820. The maximum absolute atomic E-state index is 2.44. The van der Waals surface area contributed by atoms with Gasteiger partial charge in [-0.15, -0.1) is 0 Å². The Balaban J connectivity index is 2.24. The molecule has 1 rings (SSSR count). The standard InChI is InChI=1S/C23H42N/c1-6-8-9-10-11-12-13-14-21(3)19-24(4,5)20-23-17-15-22(7-2)16-18-23/h15-18,21H,6-14,19-20H2,1-5H3/q+1. The van der Waals surface area contributed by atoms with Gasteiger partial charge < -0.3 is 4.48 Å². The number of aryl methyl sites for hydroxylation is 1. The molecule has 1 aromatic carbocycles. The minimum Gasteiger partial charge on any atom is -0.325 e. The van der Waals surface area contributed by atoms with Gasteiger partial charge in [0.05, 0.1) is 20.6 Å². The summed E-state index contributed by atoms with van der Waals surface area (Å²) in [5.74, 6) is 0.825. The van der Waals surface area contributed by atoms with E-state index in [2.05, 4.69) is 59.1 Å². The van der Waals surface area contributed by atoms with Gasteiger partial charge in [0.1, 0.15) is 6.54 Å². The summed E-state index contributed by atoms with van der Waals surface area (Å²) in [7, 11) is 4.77. The highest BCUT2D eigenvalue weighted by Crippen LogP contribution is 2.18. The second-order valence-corrected chi connectivity index (χ2v) is 8.46. The second-order valence-electron chi connectivity index (χ2n) is 8.46. The minimum atomic E-state index is 0.825. The SMILES string of the molecule is CCCCCCCCCC(C)C[N+](C)(C)Cc1ccc(CC)cc1. The molecule has 0 N–H and O–H groups in total. The molecule has 138 valence electrons. The van der Waals surface area contributed by atoms with Gasteiger partial charge in [0, 0.05) is 11.5 Å². The molecule has 0 amide bonds. The molecule has 0 radical (unpaired) electrons. The minimum absolute atomic E-state index is 0.825. The lowest BCUT2D eigenvalue weighted by Gasteiger charge is -2.32. The van der Waals surface area contributed by atoms with Gasteiger partial charge in [-0.3, -0.25) is 0 Å². The Morgan fingerprint density at radius 2 is 1.33 bits per heavy atom. The lowest BCUT2D eigenvalue weighted by Crippen LogP contribution is -2.42. The number of rotatable bonds is 13. The number of unbranched alkanes of at least 4 members (excludes halogenated alkanes) is 6.